The number of aromatic nitrogens is 2. The molecule has 0 aliphatic carbocycles. The summed E-state index contributed by atoms with van der Waals surface area (Å²) in [5.41, 5.74) is 0.374. The molecule has 1 atom stereocenters. The zero-order chi connectivity index (χ0) is 18.6. The van der Waals surface area contributed by atoms with Crippen LogP contribution >= 0.6 is 23.4 Å². The number of rotatable bonds is 7. The van der Waals surface area contributed by atoms with Gasteiger partial charge in [-0.3, -0.25) is 14.2 Å². The van der Waals surface area contributed by atoms with Gasteiger partial charge in [-0.1, -0.05) is 43.3 Å². The molecule has 0 bridgehead atoms. The standard InChI is InChI=1S/C18H22ClN3O2S/c1-5-8-22-17(24)14-9-13(19)6-7-15(14)21-18(22)25-10-16(23)20-12(4)11(2)3/h5-7,9,11-12H,1,8,10H2,2-4H3,(H,20,23)/t12-/m0/s1. The van der Waals surface area contributed by atoms with Crippen molar-refractivity contribution >= 4 is 40.2 Å². The third-order valence-electron chi connectivity index (χ3n) is 3.91. The third kappa shape index (κ3) is 4.86. The molecule has 2 rings (SSSR count). The van der Waals surface area contributed by atoms with Gasteiger partial charge in [0.25, 0.3) is 5.56 Å². The molecule has 7 heteroatoms. The van der Waals surface area contributed by atoms with Crippen LogP contribution in [-0.4, -0.2) is 27.3 Å². The van der Waals surface area contributed by atoms with Crippen LogP contribution in [0.5, 0.6) is 0 Å². The van der Waals surface area contributed by atoms with Gasteiger partial charge in [0.05, 0.1) is 16.7 Å². The number of nitrogens with one attached hydrogen (secondary N) is 1. The van der Waals surface area contributed by atoms with Crippen molar-refractivity contribution < 1.29 is 4.79 Å². The molecule has 0 unspecified atom stereocenters. The molecule has 1 amide bonds. The lowest BCUT2D eigenvalue weighted by molar-refractivity contribution is -0.119. The van der Waals surface area contributed by atoms with E-state index in [1.54, 1.807) is 24.3 Å². The first-order chi connectivity index (χ1) is 11.8. The second-order valence-corrected chi connectivity index (χ2v) is 7.53. The highest BCUT2D eigenvalue weighted by Gasteiger charge is 2.15. The minimum Gasteiger partial charge on any atom is -0.353 e. The first kappa shape index (κ1) is 19.5. The van der Waals surface area contributed by atoms with Crippen LogP contribution in [0.1, 0.15) is 20.8 Å². The third-order valence-corrected chi connectivity index (χ3v) is 5.13. The molecule has 5 nitrogen and oxygen atoms in total. The van der Waals surface area contributed by atoms with Gasteiger partial charge in [-0.25, -0.2) is 4.98 Å². The zero-order valence-corrected chi connectivity index (χ0v) is 16.2. The van der Waals surface area contributed by atoms with Crippen molar-refractivity contribution in [2.45, 2.75) is 38.5 Å². The SMILES string of the molecule is C=CCn1c(SCC(=O)N[C@@H](C)C(C)C)nc2ccc(Cl)cc2c1=O. The topological polar surface area (TPSA) is 64.0 Å². The molecule has 1 N–H and O–H groups in total. The Morgan fingerprint density at radius 1 is 1.44 bits per heavy atom. The number of benzene rings is 1. The van der Waals surface area contributed by atoms with Crippen molar-refractivity contribution in [1.29, 1.82) is 0 Å². The predicted molar refractivity (Wildman–Crippen MR) is 104 cm³/mol. The van der Waals surface area contributed by atoms with E-state index in [4.69, 9.17) is 11.6 Å². The Hall–Kier alpha value is -1.79. The Morgan fingerprint density at radius 2 is 2.16 bits per heavy atom. The fourth-order valence-corrected chi connectivity index (χ4v) is 3.16. The summed E-state index contributed by atoms with van der Waals surface area (Å²) in [5.74, 6) is 0.470. The number of amides is 1. The van der Waals surface area contributed by atoms with Crippen molar-refractivity contribution in [3.63, 3.8) is 0 Å². The highest BCUT2D eigenvalue weighted by molar-refractivity contribution is 7.99. The normalized spacial score (nSPS) is 12.4. The van der Waals surface area contributed by atoms with Gasteiger partial charge in [0.15, 0.2) is 5.16 Å². The Kier molecular flexibility index (Phi) is 6.67. The lowest BCUT2D eigenvalue weighted by atomic mass is 10.1. The van der Waals surface area contributed by atoms with Gasteiger partial charge >= 0.3 is 0 Å². The second kappa shape index (κ2) is 8.54. The van der Waals surface area contributed by atoms with Crippen LogP contribution in [0, 0.1) is 5.92 Å². The van der Waals surface area contributed by atoms with E-state index >= 15 is 0 Å². The van der Waals surface area contributed by atoms with E-state index in [0.717, 1.165) is 0 Å². The molecule has 0 saturated heterocycles. The summed E-state index contributed by atoms with van der Waals surface area (Å²) in [6.45, 7) is 10.1. The summed E-state index contributed by atoms with van der Waals surface area (Å²) in [4.78, 5) is 29.3. The molecule has 0 aliphatic rings. The van der Waals surface area contributed by atoms with E-state index in [0.29, 0.717) is 33.5 Å². The Labute approximate surface area is 156 Å². The smallest absolute Gasteiger partial charge is 0.262 e. The number of halogens is 1. The highest BCUT2D eigenvalue weighted by atomic mass is 35.5. The summed E-state index contributed by atoms with van der Waals surface area (Å²) >= 11 is 7.22. The quantitative estimate of drug-likeness (QED) is 0.454. The summed E-state index contributed by atoms with van der Waals surface area (Å²) in [7, 11) is 0. The van der Waals surface area contributed by atoms with Gasteiger partial charge in [-0.15, -0.1) is 6.58 Å². The van der Waals surface area contributed by atoms with Gasteiger partial charge in [-0.05, 0) is 31.0 Å². The van der Waals surface area contributed by atoms with Crippen LogP contribution in [0.15, 0.2) is 40.8 Å². The van der Waals surface area contributed by atoms with Crippen molar-refractivity contribution in [3.05, 3.63) is 46.2 Å². The maximum atomic E-state index is 12.7. The largest absolute Gasteiger partial charge is 0.353 e. The molecular weight excluding hydrogens is 358 g/mol. The molecule has 25 heavy (non-hydrogen) atoms. The second-order valence-electron chi connectivity index (χ2n) is 6.15. The summed E-state index contributed by atoms with van der Waals surface area (Å²) < 4.78 is 1.51. The number of allylic oxidation sites excluding steroid dienone is 1. The molecular formula is C18H22ClN3O2S. The summed E-state index contributed by atoms with van der Waals surface area (Å²) in [6.07, 6.45) is 1.63. The molecule has 1 aromatic heterocycles. The van der Waals surface area contributed by atoms with Crippen LogP contribution in [0.2, 0.25) is 5.02 Å². The lowest BCUT2D eigenvalue weighted by Crippen LogP contribution is -2.37. The van der Waals surface area contributed by atoms with Crippen molar-refractivity contribution in [2.75, 3.05) is 5.75 Å². The van der Waals surface area contributed by atoms with Crippen LogP contribution < -0.4 is 10.9 Å². The number of nitrogens with zero attached hydrogens (tertiary/aromatic N) is 2. The number of carbonyl (C=O) groups excluding carboxylic acids is 1. The lowest BCUT2D eigenvalue weighted by Gasteiger charge is -2.17. The van der Waals surface area contributed by atoms with Gasteiger partial charge in [-0.2, -0.15) is 0 Å². The molecule has 0 aliphatic heterocycles. The fraction of sp³-hybridized carbons (Fsp3) is 0.389. The van der Waals surface area contributed by atoms with E-state index in [-0.39, 0.29) is 23.3 Å². The molecule has 1 aromatic carbocycles. The fourth-order valence-electron chi connectivity index (χ4n) is 2.17. The molecule has 2 aromatic rings. The monoisotopic (exact) mass is 379 g/mol. The molecule has 0 saturated carbocycles. The molecule has 1 heterocycles. The van der Waals surface area contributed by atoms with Crippen LogP contribution in [-0.2, 0) is 11.3 Å². The predicted octanol–water partition coefficient (Wildman–Crippen LogP) is 3.49. The van der Waals surface area contributed by atoms with Crippen LogP contribution in [0.4, 0.5) is 0 Å². The average Bonchev–Trinajstić information content (AvgIpc) is 2.56. The molecule has 0 radical (unpaired) electrons. The maximum absolute atomic E-state index is 12.7. The molecule has 134 valence electrons. The Morgan fingerprint density at radius 3 is 2.80 bits per heavy atom. The number of thioether (sulfide) groups is 1. The van der Waals surface area contributed by atoms with Crippen LogP contribution in [0.3, 0.4) is 0 Å². The van der Waals surface area contributed by atoms with Gasteiger partial charge < -0.3 is 5.32 Å². The Balaban J connectivity index is 2.29. The summed E-state index contributed by atoms with van der Waals surface area (Å²) in [6, 6.07) is 5.11. The highest BCUT2D eigenvalue weighted by Crippen LogP contribution is 2.20. The molecule has 0 fully saturated rings. The minimum atomic E-state index is -0.189. The van der Waals surface area contributed by atoms with E-state index in [2.05, 4.69) is 30.7 Å². The van der Waals surface area contributed by atoms with E-state index in [9.17, 15) is 9.59 Å². The first-order valence-corrected chi connectivity index (χ1v) is 9.43. The van der Waals surface area contributed by atoms with E-state index < -0.39 is 0 Å². The van der Waals surface area contributed by atoms with E-state index in [1.807, 2.05) is 6.92 Å². The number of hydrogen-bond acceptors (Lipinski definition) is 4. The van der Waals surface area contributed by atoms with Crippen LogP contribution in [0.25, 0.3) is 10.9 Å². The summed E-state index contributed by atoms with van der Waals surface area (Å²) in [5, 5.41) is 4.38. The van der Waals surface area contributed by atoms with E-state index in [1.165, 1.54) is 16.3 Å². The number of hydrogen-bond donors (Lipinski definition) is 1. The maximum Gasteiger partial charge on any atom is 0.262 e. The zero-order valence-electron chi connectivity index (χ0n) is 14.6. The van der Waals surface area contributed by atoms with Crippen molar-refractivity contribution in [2.24, 2.45) is 5.92 Å². The van der Waals surface area contributed by atoms with Crippen molar-refractivity contribution in [1.82, 2.24) is 14.9 Å². The van der Waals surface area contributed by atoms with Gasteiger partial charge in [0.2, 0.25) is 5.91 Å². The number of carbonyl (C=O) groups is 1. The average molecular weight is 380 g/mol. The van der Waals surface area contributed by atoms with Crippen molar-refractivity contribution in [3.8, 4) is 0 Å². The Bertz CT molecular complexity index is 848. The minimum absolute atomic E-state index is 0.0817. The van der Waals surface area contributed by atoms with Gasteiger partial charge in [0.1, 0.15) is 0 Å². The van der Waals surface area contributed by atoms with Gasteiger partial charge in [0, 0.05) is 17.6 Å². The molecule has 0 spiro atoms. The number of fused-ring (bicyclic) bond motifs is 1. The first-order valence-electron chi connectivity index (χ1n) is 8.06.